The molecule has 0 aliphatic heterocycles. The van der Waals surface area contributed by atoms with Crippen molar-refractivity contribution in [1.29, 1.82) is 0 Å². The summed E-state index contributed by atoms with van der Waals surface area (Å²) < 4.78 is 0. The van der Waals surface area contributed by atoms with E-state index in [2.05, 4.69) is 43.1 Å². The van der Waals surface area contributed by atoms with Gasteiger partial charge in [-0.05, 0) is 37.1 Å². The predicted octanol–water partition coefficient (Wildman–Crippen LogP) is 4.20. The molecular weight excluding hydrogens is 256 g/mol. The van der Waals surface area contributed by atoms with E-state index in [4.69, 9.17) is 17.3 Å². The normalized spacial score (nSPS) is 11.6. The number of amidine groups is 1. The summed E-state index contributed by atoms with van der Waals surface area (Å²) in [6.07, 6.45) is 0. The van der Waals surface area contributed by atoms with Gasteiger partial charge in [0, 0.05) is 0 Å². The second kappa shape index (κ2) is 5.89. The van der Waals surface area contributed by atoms with Crippen molar-refractivity contribution in [3.8, 4) is 11.1 Å². The summed E-state index contributed by atoms with van der Waals surface area (Å²) >= 11 is 5.64. The minimum atomic E-state index is 0.244. The van der Waals surface area contributed by atoms with Gasteiger partial charge in [-0.2, -0.15) is 0 Å². The van der Waals surface area contributed by atoms with Crippen LogP contribution < -0.4 is 5.73 Å². The number of hydrogen-bond acceptors (Lipinski definition) is 1. The molecule has 3 heteroatoms. The van der Waals surface area contributed by atoms with E-state index in [0.717, 1.165) is 11.3 Å². The van der Waals surface area contributed by atoms with E-state index in [1.165, 1.54) is 16.7 Å². The number of rotatable bonds is 3. The SMILES string of the molecule is Cc1cc(C)cc(-c2cccc(N=C(N)CCl)c2)c1. The molecule has 2 aromatic rings. The molecule has 2 aromatic carbocycles. The first-order valence-electron chi connectivity index (χ1n) is 6.16. The van der Waals surface area contributed by atoms with E-state index in [1.807, 2.05) is 18.2 Å². The Hall–Kier alpha value is -1.80. The summed E-state index contributed by atoms with van der Waals surface area (Å²) in [5.74, 6) is 0.674. The fourth-order valence-electron chi connectivity index (χ4n) is 2.09. The van der Waals surface area contributed by atoms with Crippen LogP contribution in [0, 0.1) is 13.8 Å². The quantitative estimate of drug-likeness (QED) is 0.508. The fourth-order valence-corrected chi connectivity index (χ4v) is 2.15. The monoisotopic (exact) mass is 272 g/mol. The zero-order valence-electron chi connectivity index (χ0n) is 11.2. The molecule has 2 nitrogen and oxygen atoms in total. The molecule has 0 heterocycles. The molecule has 0 aromatic heterocycles. The first-order valence-corrected chi connectivity index (χ1v) is 6.69. The maximum absolute atomic E-state index is 5.66. The lowest BCUT2D eigenvalue weighted by atomic mass is 10.0. The average molecular weight is 273 g/mol. The van der Waals surface area contributed by atoms with E-state index >= 15 is 0 Å². The Morgan fingerprint density at radius 3 is 2.37 bits per heavy atom. The van der Waals surface area contributed by atoms with Crippen LogP contribution in [-0.4, -0.2) is 11.7 Å². The molecule has 0 saturated heterocycles. The Morgan fingerprint density at radius 2 is 1.74 bits per heavy atom. The van der Waals surface area contributed by atoms with Gasteiger partial charge in [-0.3, -0.25) is 0 Å². The maximum atomic E-state index is 5.66. The Kier molecular flexibility index (Phi) is 4.23. The summed E-state index contributed by atoms with van der Waals surface area (Å²) in [5.41, 5.74) is 11.3. The van der Waals surface area contributed by atoms with Crippen LogP contribution in [0.15, 0.2) is 47.5 Å². The van der Waals surface area contributed by atoms with Crippen molar-refractivity contribution >= 4 is 23.1 Å². The molecule has 0 amide bonds. The summed E-state index contributed by atoms with van der Waals surface area (Å²) in [4.78, 5) is 4.27. The zero-order valence-corrected chi connectivity index (χ0v) is 11.9. The Labute approximate surface area is 118 Å². The summed E-state index contributed by atoms with van der Waals surface area (Å²) in [6, 6.07) is 14.5. The smallest absolute Gasteiger partial charge is 0.115 e. The summed E-state index contributed by atoms with van der Waals surface area (Å²) in [5, 5.41) is 0. The number of benzene rings is 2. The number of nitrogens with two attached hydrogens (primary N) is 1. The lowest BCUT2D eigenvalue weighted by molar-refractivity contribution is 1.38. The van der Waals surface area contributed by atoms with Gasteiger partial charge in [-0.1, -0.05) is 41.5 Å². The van der Waals surface area contributed by atoms with Crippen LogP contribution in [0.25, 0.3) is 11.1 Å². The molecule has 2 rings (SSSR count). The van der Waals surface area contributed by atoms with Gasteiger partial charge in [0.05, 0.1) is 11.6 Å². The summed E-state index contributed by atoms with van der Waals surface area (Å²) in [6.45, 7) is 4.20. The fraction of sp³-hybridized carbons (Fsp3) is 0.188. The predicted molar refractivity (Wildman–Crippen MR) is 83.4 cm³/mol. The third-order valence-corrected chi connectivity index (χ3v) is 3.08. The molecule has 0 bridgehead atoms. The number of aliphatic imine (C=N–C) groups is 1. The average Bonchev–Trinajstić information content (AvgIpc) is 2.38. The van der Waals surface area contributed by atoms with Crippen molar-refractivity contribution < 1.29 is 0 Å². The van der Waals surface area contributed by atoms with Crippen molar-refractivity contribution in [2.24, 2.45) is 10.7 Å². The molecule has 0 aliphatic carbocycles. The van der Waals surface area contributed by atoms with E-state index in [9.17, 15) is 0 Å². The zero-order chi connectivity index (χ0) is 13.8. The highest BCUT2D eigenvalue weighted by molar-refractivity contribution is 6.28. The number of alkyl halides is 1. The first kappa shape index (κ1) is 13.6. The van der Waals surface area contributed by atoms with Crippen molar-refractivity contribution in [3.05, 3.63) is 53.6 Å². The number of hydrogen-bond donors (Lipinski definition) is 1. The van der Waals surface area contributed by atoms with Gasteiger partial charge >= 0.3 is 0 Å². The van der Waals surface area contributed by atoms with Crippen LogP contribution in [0.5, 0.6) is 0 Å². The van der Waals surface area contributed by atoms with Gasteiger partial charge in [0.1, 0.15) is 5.84 Å². The number of nitrogens with zero attached hydrogens (tertiary/aromatic N) is 1. The van der Waals surface area contributed by atoms with Crippen LogP contribution in [0.3, 0.4) is 0 Å². The van der Waals surface area contributed by atoms with Crippen molar-refractivity contribution in [2.45, 2.75) is 13.8 Å². The molecule has 0 radical (unpaired) electrons. The van der Waals surface area contributed by atoms with Gasteiger partial charge in [-0.25, -0.2) is 4.99 Å². The highest BCUT2D eigenvalue weighted by atomic mass is 35.5. The van der Waals surface area contributed by atoms with Crippen molar-refractivity contribution in [2.75, 3.05) is 5.88 Å². The largest absolute Gasteiger partial charge is 0.386 e. The topological polar surface area (TPSA) is 38.4 Å². The molecule has 98 valence electrons. The van der Waals surface area contributed by atoms with Gasteiger partial charge in [0.2, 0.25) is 0 Å². The first-order chi connectivity index (χ1) is 9.08. The van der Waals surface area contributed by atoms with Crippen LogP contribution >= 0.6 is 11.6 Å². The number of aryl methyl sites for hydroxylation is 2. The highest BCUT2D eigenvalue weighted by Gasteiger charge is 2.01. The van der Waals surface area contributed by atoms with E-state index in [1.54, 1.807) is 0 Å². The maximum Gasteiger partial charge on any atom is 0.115 e. The standard InChI is InChI=1S/C16H17ClN2/c1-11-6-12(2)8-14(7-11)13-4-3-5-15(9-13)19-16(18)10-17/h3-9H,10H2,1-2H3,(H2,18,19). The number of halogens is 1. The molecule has 0 atom stereocenters. The molecule has 2 N–H and O–H groups in total. The van der Waals surface area contributed by atoms with E-state index in [-0.39, 0.29) is 5.88 Å². The minimum absolute atomic E-state index is 0.244. The van der Waals surface area contributed by atoms with Gasteiger partial charge in [0.25, 0.3) is 0 Å². The third kappa shape index (κ3) is 3.58. The minimum Gasteiger partial charge on any atom is -0.386 e. The Morgan fingerprint density at radius 1 is 1.05 bits per heavy atom. The molecule has 0 saturated carbocycles. The molecular formula is C16H17ClN2. The van der Waals surface area contributed by atoms with Crippen molar-refractivity contribution in [3.63, 3.8) is 0 Å². The Balaban J connectivity index is 2.43. The molecule has 0 aliphatic rings. The molecule has 0 spiro atoms. The Bertz CT molecular complexity index is 598. The summed E-state index contributed by atoms with van der Waals surface area (Å²) in [7, 11) is 0. The van der Waals surface area contributed by atoms with Gasteiger partial charge in [-0.15, -0.1) is 11.6 Å². The lowest BCUT2D eigenvalue weighted by Crippen LogP contribution is -2.12. The second-order valence-corrected chi connectivity index (χ2v) is 4.93. The van der Waals surface area contributed by atoms with Crippen LogP contribution in [-0.2, 0) is 0 Å². The second-order valence-electron chi connectivity index (χ2n) is 4.66. The highest BCUT2D eigenvalue weighted by Crippen LogP contribution is 2.26. The van der Waals surface area contributed by atoms with E-state index in [0.29, 0.717) is 5.84 Å². The van der Waals surface area contributed by atoms with Crippen LogP contribution in [0.1, 0.15) is 11.1 Å². The van der Waals surface area contributed by atoms with Crippen LogP contribution in [0.4, 0.5) is 5.69 Å². The van der Waals surface area contributed by atoms with E-state index < -0.39 is 0 Å². The molecule has 0 unspecified atom stereocenters. The van der Waals surface area contributed by atoms with Crippen molar-refractivity contribution in [1.82, 2.24) is 0 Å². The molecule has 0 fully saturated rings. The third-order valence-electron chi connectivity index (χ3n) is 2.81. The van der Waals surface area contributed by atoms with Gasteiger partial charge < -0.3 is 5.73 Å². The lowest BCUT2D eigenvalue weighted by Gasteiger charge is -2.06. The van der Waals surface area contributed by atoms with Gasteiger partial charge in [0.15, 0.2) is 0 Å². The molecule has 19 heavy (non-hydrogen) atoms. The van der Waals surface area contributed by atoms with Crippen LogP contribution in [0.2, 0.25) is 0 Å².